The number of rotatable bonds is 3. The largest absolute Gasteiger partial charge is 0.321 e. The Morgan fingerprint density at radius 1 is 1.21 bits per heavy atom. The Balaban J connectivity index is 1.85. The summed E-state index contributed by atoms with van der Waals surface area (Å²) in [5, 5.41) is 15.9. The van der Waals surface area contributed by atoms with E-state index in [1.807, 2.05) is 6.07 Å². The van der Waals surface area contributed by atoms with Crippen molar-refractivity contribution in [3.8, 4) is 17.3 Å². The number of nitrogens with zero attached hydrogens (tertiary/aromatic N) is 3. The molecule has 1 aromatic heterocycles. The summed E-state index contributed by atoms with van der Waals surface area (Å²) in [6.45, 7) is 0. The van der Waals surface area contributed by atoms with Gasteiger partial charge in [0.25, 0.3) is 5.91 Å². The molecule has 0 spiro atoms. The number of aromatic nitrogens is 2. The van der Waals surface area contributed by atoms with Gasteiger partial charge in [-0.05, 0) is 48.5 Å². The quantitative estimate of drug-likeness (QED) is 0.804. The van der Waals surface area contributed by atoms with Crippen LogP contribution in [-0.2, 0) is 7.05 Å². The third-order valence-corrected chi connectivity index (χ3v) is 3.50. The summed E-state index contributed by atoms with van der Waals surface area (Å²) in [5.74, 6) is -0.668. The van der Waals surface area contributed by atoms with Gasteiger partial charge >= 0.3 is 0 Å². The molecule has 2 aromatic carbocycles. The van der Waals surface area contributed by atoms with E-state index in [0.29, 0.717) is 22.6 Å². The fourth-order valence-electron chi connectivity index (χ4n) is 2.30. The fraction of sp³-hybridized carbons (Fsp3) is 0.0556. The molecule has 0 aliphatic rings. The molecule has 1 amide bonds. The number of anilines is 1. The lowest BCUT2D eigenvalue weighted by Gasteiger charge is -2.05. The maximum absolute atomic E-state index is 13.0. The minimum absolute atomic E-state index is 0.329. The maximum Gasteiger partial charge on any atom is 0.273 e. The van der Waals surface area contributed by atoms with Crippen molar-refractivity contribution < 1.29 is 9.18 Å². The van der Waals surface area contributed by atoms with Gasteiger partial charge in [0.05, 0.1) is 17.3 Å². The summed E-state index contributed by atoms with van der Waals surface area (Å²) >= 11 is 0. The van der Waals surface area contributed by atoms with Gasteiger partial charge in [-0.25, -0.2) is 4.39 Å². The maximum atomic E-state index is 13.0. The Labute approximate surface area is 138 Å². The van der Waals surface area contributed by atoms with Crippen LogP contribution >= 0.6 is 0 Å². The van der Waals surface area contributed by atoms with Crippen LogP contribution in [0.2, 0.25) is 0 Å². The molecule has 0 atom stereocenters. The summed E-state index contributed by atoms with van der Waals surface area (Å²) in [6.07, 6.45) is 0. The molecule has 0 aliphatic heterocycles. The monoisotopic (exact) mass is 320 g/mol. The van der Waals surface area contributed by atoms with Crippen molar-refractivity contribution >= 4 is 11.6 Å². The lowest BCUT2D eigenvalue weighted by molar-refractivity contribution is 0.101. The minimum atomic E-state index is -0.339. The second kappa shape index (κ2) is 6.34. The summed E-state index contributed by atoms with van der Waals surface area (Å²) in [5.41, 5.74) is 2.65. The van der Waals surface area contributed by atoms with Gasteiger partial charge in [-0.3, -0.25) is 9.48 Å². The van der Waals surface area contributed by atoms with Crippen LogP contribution in [0.3, 0.4) is 0 Å². The van der Waals surface area contributed by atoms with Crippen LogP contribution in [0.5, 0.6) is 0 Å². The predicted octanol–water partition coefficient (Wildman–Crippen LogP) is 3.35. The average Bonchev–Trinajstić information content (AvgIpc) is 2.97. The van der Waals surface area contributed by atoms with Crippen LogP contribution in [0.25, 0.3) is 11.3 Å². The van der Waals surface area contributed by atoms with Crippen molar-refractivity contribution in [3.63, 3.8) is 0 Å². The molecule has 0 radical (unpaired) electrons. The van der Waals surface area contributed by atoms with E-state index in [0.717, 1.165) is 5.56 Å². The van der Waals surface area contributed by atoms with Gasteiger partial charge in [0.15, 0.2) is 0 Å². The molecule has 3 aromatic rings. The average molecular weight is 320 g/mol. The Kier molecular flexibility index (Phi) is 4.08. The Hall–Kier alpha value is -3.46. The smallest absolute Gasteiger partial charge is 0.273 e. The van der Waals surface area contributed by atoms with Crippen molar-refractivity contribution in [1.82, 2.24) is 9.78 Å². The Morgan fingerprint density at radius 3 is 2.67 bits per heavy atom. The third kappa shape index (κ3) is 3.15. The third-order valence-electron chi connectivity index (χ3n) is 3.50. The van der Waals surface area contributed by atoms with E-state index in [-0.39, 0.29) is 11.7 Å². The highest BCUT2D eigenvalue weighted by Crippen LogP contribution is 2.20. The number of nitriles is 1. The number of halogens is 1. The summed E-state index contributed by atoms with van der Waals surface area (Å²) in [4.78, 5) is 12.4. The molecule has 1 heterocycles. The molecule has 0 saturated carbocycles. The van der Waals surface area contributed by atoms with Crippen molar-refractivity contribution in [2.45, 2.75) is 0 Å². The van der Waals surface area contributed by atoms with Gasteiger partial charge in [0, 0.05) is 18.3 Å². The molecule has 24 heavy (non-hydrogen) atoms. The summed E-state index contributed by atoms with van der Waals surface area (Å²) in [6, 6.07) is 16.2. The highest BCUT2D eigenvalue weighted by molar-refractivity contribution is 6.03. The van der Waals surface area contributed by atoms with Crippen molar-refractivity contribution in [2.24, 2.45) is 7.05 Å². The van der Waals surface area contributed by atoms with Crippen LogP contribution in [0.1, 0.15) is 16.1 Å². The molecule has 0 bridgehead atoms. The highest BCUT2D eigenvalue weighted by Gasteiger charge is 2.14. The molecule has 0 aliphatic carbocycles. The lowest BCUT2D eigenvalue weighted by Crippen LogP contribution is -2.16. The van der Waals surface area contributed by atoms with Crippen molar-refractivity contribution in [1.29, 1.82) is 5.26 Å². The first-order valence-corrected chi connectivity index (χ1v) is 7.18. The van der Waals surface area contributed by atoms with E-state index < -0.39 is 0 Å². The second-order valence-electron chi connectivity index (χ2n) is 5.19. The first-order chi connectivity index (χ1) is 11.6. The van der Waals surface area contributed by atoms with Crippen LogP contribution < -0.4 is 5.32 Å². The number of aryl methyl sites for hydroxylation is 1. The Bertz CT molecular complexity index is 938. The number of carbonyl (C=O) groups is 1. The lowest BCUT2D eigenvalue weighted by atomic mass is 10.1. The summed E-state index contributed by atoms with van der Waals surface area (Å²) < 4.78 is 14.5. The normalized spacial score (nSPS) is 10.2. The molecular formula is C18H13FN4O. The van der Waals surface area contributed by atoms with Gasteiger partial charge < -0.3 is 5.32 Å². The van der Waals surface area contributed by atoms with Gasteiger partial charge in [-0.1, -0.05) is 6.07 Å². The zero-order chi connectivity index (χ0) is 17.1. The predicted molar refractivity (Wildman–Crippen MR) is 87.7 cm³/mol. The van der Waals surface area contributed by atoms with Crippen molar-refractivity contribution in [3.05, 3.63) is 71.7 Å². The van der Waals surface area contributed by atoms with Crippen LogP contribution in [0, 0.1) is 17.1 Å². The van der Waals surface area contributed by atoms with E-state index in [1.165, 1.54) is 16.8 Å². The zero-order valence-corrected chi connectivity index (χ0v) is 12.8. The van der Waals surface area contributed by atoms with Gasteiger partial charge in [-0.15, -0.1) is 0 Å². The fourth-order valence-corrected chi connectivity index (χ4v) is 2.30. The Morgan fingerprint density at radius 2 is 1.96 bits per heavy atom. The standard InChI is InChI=1S/C18H13FN4O/c1-23-17(10-16(22-23)13-5-7-14(19)8-6-13)18(24)21-15-4-2-3-12(9-15)11-20/h2-10H,1H3,(H,21,24). The van der Waals surface area contributed by atoms with Gasteiger partial charge in [0.2, 0.25) is 0 Å². The van der Waals surface area contributed by atoms with Crippen LogP contribution in [0.15, 0.2) is 54.6 Å². The van der Waals surface area contributed by atoms with E-state index in [2.05, 4.69) is 10.4 Å². The van der Waals surface area contributed by atoms with E-state index in [4.69, 9.17) is 5.26 Å². The molecular weight excluding hydrogens is 307 g/mol. The molecule has 1 N–H and O–H groups in total. The number of hydrogen-bond donors (Lipinski definition) is 1. The molecule has 0 fully saturated rings. The number of benzene rings is 2. The SMILES string of the molecule is Cn1nc(-c2ccc(F)cc2)cc1C(=O)Nc1cccc(C#N)c1. The number of amides is 1. The molecule has 0 unspecified atom stereocenters. The molecule has 0 saturated heterocycles. The topological polar surface area (TPSA) is 70.7 Å². The van der Waals surface area contributed by atoms with Crippen LogP contribution in [0.4, 0.5) is 10.1 Å². The van der Waals surface area contributed by atoms with Crippen molar-refractivity contribution in [2.75, 3.05) is 5.32 Å². The van der Waals surface area contributed by atoms with Gasteiger partial charge in [-0.2, -0.15) is 10.4 Å². The zero-order valence-electron chi connectivity index (χ0n) is 12.8. The number of nitrogens with one attached hydrogen (secondary N) is 1. The minimum Gasteiger partial charge on any atom is -0.321 e. The number of hydrogen-bond acceptors (Lipinski definition) is 3. The van der Waals surface area contributed by atoms with Crippen LogP contribution in [-0.4, -0.2) is 15.7 Å². The molecule has 6 heteroatoms. The first kappa shape index (κ1) is 15.4. The number of carbonyl (C=O) groups excluding carboxylic acids is 1. The van der Waals surface area contributed by atoms with E-state index in [1.54, 1.807) is 49.5 Å². The van der Waals surface area contributed by atoms with E-state index >= 15 is 0 Å². The second-order valence-corrected chi connectivity index (χ2v) is 5.19. The molecule has 118 valence electrons. The summed E-state index contributed by atoms with van der Waals surface area (Å²) in [7, 11) is 1.66. The first-order valence-electron chi connectivity index (χ1n) is 7.18. The van der Waals surface area contributed by atoms with Gasteiger partial charge in [0.1, 0.15) is 11.5 Å². The molecule has 5 nitrogen and oxygen atoms in total. The van der Waals surface area contributed by atoms with E-state index in [9.17, 15) is 9.18 Å². The molecule has 3 rings (SSSR count). The highest BCUT2D eigenvalue weighted by atomic mass is 19.1.